The highest BCUT2D eigenvalue weighted by Crippen LogP contribution is 1.99. The van der Waals surface area contributed by atoms with Crippen LogP contribution in [-0.4, -0.2) is 45.2 Å². The van der Waals surface area contributed by atoms with E-state index in [-0.39, 0.29) is 0 Å². The van der Waals surface area contributed by atoms with E-state index in [1.807, 2.05) is 25.1 Å². The molecule has 0 aliphatic rings. The Kier molecular flexibility index (Phi) is 7.05. The fourth-order valence-corrected chi connectivity index (χ4v) is 2.87. The third-order valence-electron chi connectivity index (χ3n) is 3.02. The summed E-state index contributed by atoms with van der Waals surface area (Å²) < 4.78 is 24.3. The molecule has 0 saturated carbocycles. The fraction of sp³-hybridized carbons (Fsp3) is 0.571. The van der Waals surface area contributed by atoms with E-state index in [9.17, 15) is 8.42 Å². The first-order valence-corrected chi connectivity index (χ1v) is 8.58. The van der Waals surface area contributed by atoms with Crippen LogP contribution in [0.15, 0.2) is 30.3 Å². The molecule has 0 aliphatic heterocycles. The first-order chi connectivity index (χ1) is 9.04. The highest BCUT2D eigenvalue weighted by Gasteiger charge is 2.12. The highest BCUT2D eigenvalue weighted by atomic mass is 32.2. The maximum Gasteiger partial charge on any atom is 0.211 e. The van der Waals surface area contributed by atoms with Crippen molar-refractivity contribution in [3.63, 3.8) is 0 Å². The minimum absolute atomic E-state index is 0.544. The second-order valence-corrected chi connectivity index (χ2v) is 6.58. The van der Waals surface area contributed by atoms with Crippen molar-refractivity contribution in [2.75, 3.05) is 32.4 Å². The van der Waals surface area contributed by atoms with Crippen LogP contribution in [0, 0.1) is 0 Å². The summed E-state index contributed by atoms with van der Waals surface area (Å²) in [6.45, 7) is 4.77. The zero-order chi connectivity index (χ0) is 14.1. The summed E-state index contributed by atoms with van der Waals surface area (Å²) in [5, 5.41) is 3.34. The molecule has 1 aromatic rings. The van der Waals surface area contributed by atoms with Crippen molar-refractivity contribution in [3.8, 4) is 0 Å². The molecule has 0 radical (unpaired) electrons. The minimum Gasteiger partial charge on any atom is -0.316 e. The van der Waals surface area contributed by atoms with Crippen LogP contribution < -0.4 is 5.32 Å². The molecule has 0 bridgehead atoms. The van der Waals surface area contributed by atoms with Gasteiger partial charge in [-0.1, -0.05) is 37.3 Å². The van der Waals surface area contributed by atoms with E-state index in [0.29, 0.717) is 13.1 Å². The molecular formula is C14H24N2O2S. The highest BCUT2D eigenvalue weighted by molar-refractivity contribution is 7.88. The van der Waals surface area contributed by atoms with Gasteiger partial charge in [0, 0.05) is 13.1 Å². The summed E-state index contributed by atoms with van der Waals surface area (Å²) in [6.07, 6.45) is 3.11. The summed E-state index contributed by atoms with van der Waals surface area (Å²) in [7, 11) is -3.05. The molecule has 0 aromatic heterocycles. The lowest BCUT2D eigenvalue weighted by molar-refractivity contribution is 0.419. The van der Waals surface area contributed by atoms with Crippen LogP contribution in [-0.2, 0) is 16.4 Å². The zero-order valence-corrected chi connectivity index (χ0v) is 12.6. The number of hydrogen-bond donors (Lipinski definition) is 1. The Bertz CT molecular complexity index is 446. The molecule has 4 nitrogen and oxygen atoms in total. The molecule has 0 unspecified atom stereocenters. The van der Waals surface area contributed by atoms with Crippen molar-refractivity contribution >= 4 is 10.0 Å². The number of hydrogen-bond acceptors (Lipinski definition) is 3. The Morgan fingerprint density at radius 3 is 2.42 bits per heavy atom. The summed E-state index contributed by atoms with van der Waals surface area (Å²) in [6, 6.07) is 10.3. The van der Waals surface area contributed by atoms with Crippen LogP contribution in [0.25, 0.3) is 0 Å². The van der Waals surface area contributed by atoms with Crippen molar-refractivity contribution in [1.29, 1.82) is 0 Å². The lowest BCUT2D eigenvalue weighted by Crippen LogP contribution is -2.32. The molecule has 108 valence electrons. The number of rotatable bonds is 9. The molecule has 19 heavy (non-hydrogen) atoms. The first kappa shape index (κ1) is 16.1. The van der Waals surface area contributed by atoms with Crippen molar-refractivity contribution in [3.05, 3.63) is 35.9 Å². The van der Waals surface area contributed by atoms with Crippen molar-refractivity contribution in [2.45, 2.75) is 19.8 Å². The second-order valence-electron chi connectivity index (χ2n) is 4.59. The van der Waals surface area contributed by atoms with E-state index < -0.39 is 10.0 Å². The Hall–Kier alpha value is -0.910. The van der Waals surface area contributed by atoms with E-state index >= 15 is 0 Å². The monoisotopic (exact) mass is 284 g/mol. The molecule has 1 aromatic carbocycles. The van der Waals surface area contributed by atoms with Gasteiger partial charge in [0.25, 0.3) is 0 Å². The van der Waals surface area contributed by atoms with Crippen LogP contribution in [0.5, 0.6) is 0 Å². The van der Waals surface area contributed by atoms with Gasteiger partial charge in [-0.05, 0) is 31.5 Å². The summed E-state index contributed by atoms with van der Waals surface area (Å²) >= 11 is 0. The van der Waals surface area contributed by atoms with Crippen LogP contribution >= 0.6 is 0 Å². The lowest BCUT2D eigenvalue weighted by Gasteiger charge is -2.17. The standard InChI is InChI=1S/C14H24N2O2S/c1-3-16(19(2,17)18)13-7-11-15-12-10-14-8-5-4-6-9-14/h4-6,8-9,15H,3,7,10-13H2,1-2H3. The van der Waals surface area contributed by atoms with Gasteiger partial charge in [0.05, 0.1) is 6.26 Å². The third-order valence-corrected chi connectivity index (χ3v) is 4.39. The molecule has 0 fully saturated rings. The number of benzene rings is 1. The summed E-state index contributed by atoms with van der Waals surface area (Å²) in [5.41, 5.74) is 1.32. The molecule has 0 heterocycles. The third kappa shape index (κ3) is 6.71. The average Bonchev–Trinajstić information content (AvgIpc) is 2.37. The predicted molar refractivity (Wildman–Crippen MR) is 79.7 cm³/mol. The van der Waals surface area contributed by atoms with Crippen LogP contribution in [0.4, 0.5) is 0 Å². The predicted octanol–water partition coefficient (Wildman–Crippen LogP) is 1.49. The van der Waals surface area contributed by atoms with Gasteiger partial charge >= 0.3 is 0 Å². The molecule has 1 rings (SSSR count). The Balaban J connectivity index is 2.11. The molecule has 0 aliphatic carbocycles. The van der Waals surface area contributed by atoms with Gasteiger partial charge < -0.3 is 5.32 Å². The molecule has 0 spiro atoms. The van der Waals surface area contributed by atoms with Gasteiger partial charge in [-0.25, -0.2) is 12.7 Å². The Labute approximate surface area is 116 Å². The lowest BCUT2D eigenvalue weighted by atomic mass is 10.1. The fourth-order valence-electron chi connectivity index (χ4n) is 1.94. The van der Waals surface area contributed by atoms with E-state index in [1.165, 1.54) is 16.1 Å². The quantitative estimate of drug-likeness (QED) is 0.699. The van der Waals surface area contributed by atoms with Gasteiger partial charge in [0.1, 0.15) is 0 Å². The minimum atomic E-state index is -3.05. The molecule has 0 saturated heterocycles. The van der Waals surface area contributed by atoms with Crippen LogP contribution in [0.2, 0.25) is 0 Å². The van der Waals surface area contributed by atoms with Gasteiger partial charge in [0.2, 0.25) is 10.0 Å². The average molecular weight is 284 g/mol. The van der Waals surface area contributed by atoms with Gasteiger partial charge in [-0.3, -0.25) is 0 Å². The van der Waals surface area contributed by atoms with Crippen molar-refractivity contribution < 1.29 is 8.42 Å². The largest absolute Gasteiger partial charge is 0.316 e. The topological polar surface area (TPSA) is 49.4 Å². The Morgan fingerprint density at radius 1 is 1.16 bits per heavy atom. The maximum absolute atomic E-state index is 11.4. The number of sulfonamides is 1. The van der Waals surface area contributed by atoms with E-state index in [1.54, 1.807) is 0 Å². The molecule has 0 amide bonds. The van der Waals surface area contributed by atoms with E-state index in [2.05, 4.69) is 17.4 Å². The zero-order valence-electron chi connectivity index (χ0n) is 11.8. The first-order valence-electron chi connectivity index (χ1n) is 6.74. The summed E-state index contributed by atoms with van der Waals surface area (Å²) in [4.78, 5) is 0. The van der Waals surface area contributed by atoms with Gasteiger partial charge in [-0.15, -0.1) is 0 Å². The Morgan fingerprint density at radius 2 is 1.84 bits per heavy atom. The van der Waals surface area contributed by atoms with Crippen LogP contribution in [0.3, 0.4) is 0 Å². The molecule has 0 atom stereocenters. The van der Waals surface area contributed by atoms with Crippen LogP contribution in [0.1, 0.15) is 18.9 Å². The SMILES string of the molecule is CCN(CCCNCCc1ccccc1)S(C)(=O)=O. The van der Waals surface area contributed by atoms with E-state index in [0.717, 1.165) is 25.9 Å². The molecule has 5 heteroatoms. The summed E-state index contributed by atoms with van der Waals surface area (Å²) in [5.74, 6) is 0. The molecule has 1 N–H and O–H groups in total. The normalized spacial score (nSPS) is 11.9. The number of nitrogens with one attached hydrogen (secondary N) is 1. The molecular weight excluding hydrogens is 260 g/mol. The smallest absolute Gasteiger partial charge is 0.211 e. The van der Waals surface area contributed by atoms with E-state index in [4.69, 9.17) is 0 Å². The van der Waals surface area contributed by atoms with Gasteiger partial charge in [-0.2, -0.15) is 0 Å². The van der Waals surface area contributed by atoms with Gasteiger partial charge in [0.15, 0.2) is 0 Å². The second kappa shape index (κ2) is 8.30. The maximum atomic E-state index is 11.4. The van der Waals surface area contributed by atoms with Crippen molar-refractivity contribution in [1.82, 2.24) is 9.62 Å². The number of nitrogens with zero attached hydrogens (tertiary/aromatic N) is 1. The van der Waals surface area contributed by atoms with Crippen molar-refractivity contribution in [2.24, 2.45) is 0 Å².